The lowest BCUT2D eigenvalue weighted by Gasteiger charge is -2.01. The first kappa shape index (κ1) is 10.4. The van der Waals surface area contributed by atoms with Crippen molar-refractivity contribution in [2.45, 2.75) is 0 Å². The Bertz CT molecular complexity index is 323. The second kappa shape index (κ2) is 5.12. The van der Waals surface area contributed by atoms with E-state index in [0.29, 0.717) is 0 Å². The Morgan fingerprint density at radius 3 is 2.29 bits per heavy atom. The van der Waals surface area contributed by atoms with Crippen LogP contribution in [0.5, 0.6) is 5.75 Å². The average molecular weight is 190 g/mol. The zero-order valence-electron chi connectivity index (χ0n) is 8.49. The minimum atomic E-state index is 0.746. The van der Waals surface area contributed by atoms with Crippen molar-refractivity contribution in [3.8, 4) is 5.75 Å². The van der Waals surface area contributed by atoms with Crippen molar-refractivity contribution in [3.63, 3.8) is 0 Å². The van der Waals surface area contributed by atoms with Crippen LogP contribution >= 0.6 is 0 Å². The van der Waals surface area contributed by atoms with Gasteiger partial charge in [0.15, 0.2) is 0 Å². The molecule has 0 aromatic heterocycles. The van der Waals surface area contributed by atoms with Gasteiger partial charge in [0.2, 0.25) is 0 Å². The number of ether oxygens (including phenoxy) is 2. The summed E-state index contributed by atoms with van der Waals surface area (Å²) in [7, 11) is 3.27. The van der Waals surface area contributed by atoms with Crippen molar-refractivity contribution >= 4 is 6.08 Å². The standard InChI is InChI=1S/C12H14O2/c1-4-11(13-2)9-10-5-7-12(14-3)8-6-10/h4-9H,1H2,2-3H3/b11-9+. The van der Waals surface area contributed by atoms with E-state index in [2.05, 4.69) is 6.58 Å². The van der Waals surface area contributed by atoms with Crippen molar-refractivity contribution < 1.29 is 9.47 Å². The van der Waals surface area contributed by atoms with Crippen LogP contribution in [0.2, 0.25) is 0 Å². The second-order valence-corrected chi connectivity index (χ2v) is 2.73. The third-order valence-corrected chi connectivity index (χ3v) is 1.86. The monoisotopic (exact) mass is 190 g/mol. The molecule has 0 aliphatic carbocycles. The Morgan fingerprint density at radius 2 is 1.86 bits per heavy atom. The van der Waals surface area contributed by atoms with Gasteiger partial charge in [-0.2, -0.15) is 0 Å². The third kappa shape index (κ3) is 2.66. The summed E-state index contributed by atoms with van der Waals surface area (Å²) < 4.78 is 10.1. The summed E-state index contributed by atoms with van der Waals surface area (Å²) in [5, 5.41) is 0. The van der Waals surface area contributed by atoms with Crippen LogP contribution < -0.4 is 4.74 Å². The number of benzene rings is 1. The van der Waals surface area contributed by atoms with Gasteiger partial charge in [0.1, 0.15) is 11.5 Å². The quantitative estimate of drug-likeness (QED) is 0.537. The highest BCUT2D eigenvalue weighted by atomic mass is 16.5. The third-order valence-electron chi connectivity index (χ3n) is 1.86. The van der Waals surface area contributed by atoms with Gasteiger partial charge in [0, 0.05) is 0 Å². The van der Waals surface area contributed by atoms with Crippen molar-refractivity contribution in [1.29, 1.82) is 0 Å². The molecule has 0 aliphatic heterocycles. The summed E-state index contributed by atoms with van der Waals surface area (Å²) in [6.07, 6.45) is 3.58. The fourth-order valence-corrected chi connectivity index (χ4v) is 1.07. The molecule has 0 N–H and O–H groups in total. The maximum Gasteiger partial charge on any atom is 0.118 e. The molecule has 0 saturated carbocycles. The zero-order valence-corrected chi connectivity index (χ0v) is 8.49. The molecule has 1 aromatic rings. The SMILES string of the molecule is C=C/C(=C\c1ccc(OC)cc1)OC. The molecular weight excluding hydrogens is 176 g/mol. The van der Waals surface area contributed by atoms with E-state index in [1.807, 2.05) is 30.3 Å². The highest BCUT2D eigenvalue weighted by molar-refractivity contribution is 5.54. The van der Waals surface area contributed by atoms with E-state index in [1.54, 1.807) is 20.3 Å². The van der Waals surface area contributed by atoms with E-state index in [1.165, 1.54) is 0 Å². The zero-order chi connectivity index (χ0) is 10.4. The van der Waals surface area contributed by atoms with Crippen LogP contribution in [0.1, 0.15) is 5.56 Å². The average Bonchev–Trinajstić information content (AvgIpc) is 2.26. The summed E-state index contributed by atoms with van der Waals surface area (Å²) in [5.41, 5.74) is 1.06. The first-order chi connectivity index (χ1) is 6.80. The second-order valence-electron chi connectivity index (χ2n) is 2.73. The summed E-state index contributed by atoms with van der Waals surface area (Å²) in [6.45, 7) is 3.64. The Morgan fingerprint density at radius 1 is 1.21 bits per heavy atom. The maximum atomic E-state index is 5.07. The minimum absolute atomic E-state index is 0.746. The van der Waals surface area contributed by atoms with Gasteiger partial charge < -0.3 is 9.47 Å². The molecule has 1 rings (SSSR count). The largest absolute Gasteiger partial charge is 0.497 e. The lowest BCUT2D eigenvalue weighted by atomic mass is 10.2. The summed E-state index contributed by atoms with van der Waals surface area (Å²) in [5.74, 6) is 1.59. The van der Waals surface area contributed by atoms with Gasteiger partial charge in [0.25, 0.3) is 0 Å². The van der Waals surface area contributed by atoms with Crippen molar-refractivity contribution in [2.24, 2.45) is 0 Å². The van der Waals surface area contributed by atoms with Crippen LogP contribution in [0, 0.1) is 0 Å². The first-order valence-corrected chi connectivity index (χ1v) is 4.32. The van der Waals surface area contributed by atoms with E-state index in [9.17, 15) is 0 Å². The topological polar surface area (TPSA) is 18.5 Å². The predicted molar refractivity (Wildman–Crippen MR) is 58.2 cm³/mol. The van der Waals surface area contributed by atoms with Crippen LogP contribution in [0.15, 0.2) is 42.7 Å². The lowest BCUT2D eigenvalue weighted by molar-refractivity contribution is 0.311. The Labute approximate surface area is 84.5 Å². The molecule has 14 heavy (non-hydrogen) atoms. The predicted octanol–water partition coefficient (Wildman–Crippen LogP) is 2.87. The van der Waals surface area contributed by atoms with E-state index < -0.39 is 0 Å². The molecule has 0 heterocycles. The highest BCUT2D eigenvalue weighted by Crippen LogP contribution is 2.14. The molecule has 0 bridgehead atoms. The smallest absolute Gasteiger partial charge is 0.118 e. The van der Waals surface area contributed by atoms with Crippen LogP contribution in [0.3, 0.4) is 0 Å². The van der Waals surface area contributed by atoms with Gasteiger partial charge in [-0.25, -0.2) is 0 Å². The Balaban J connectivity index is 2.86. The number of hydrogen-bond donors (Lipinski definition) is 0. The Hall–Kier alpha value is -1.70. The molecule has 0 fully saturated rings. The number of allylic oxidation sites excluding steroid dienone is 1. The minimum Gasteiger partial charge on any atom is -0.497 e. The normalized spacial score (nSPS) is 10.9. The molecule has 74 valence electrons. The maximum absolute atomic E-state index is 5.07. The molecule has 0 saturated heterocycles. The van der Waals surface area contributed by atoms with E-state index >= 15 is 0 Å². The lowest BCUT2D eigenvalue weighted by Crippen LogP contribution is -1.83. The molecule has 1 aromatic carbocycles. The summed E-state index contributed by atoms with van der Waals surface area (Å²) in [4.78, 5) is 0. The number of hydrogen-bond acceptors (Lipinski definition) is 2. The van der Waals surface area contributed by atoms with Crippen LogP contribution in [-0.2, 0) is 4.74 Å². The molecule has 2 nitrogen and oxygen atoms in total. The molecule has 0 amide bonds. The van der Waals surface area contributed by atoms with Crippen LogP contribution in [0.4, 0.5) is 0 Å². The van der Waals surface area contributed by atoms with E-state index in [-0.39, 0.29) is 0 Å². The number of rotatable bonds is 4. The molecule has 2 heteroatoms. The van der Waals surface area contributed by atoms with E-state index in [0.717, 1.165) is 17.1 Å². The molecule has 0 spiro atoms. The fraction of sp³-hybridized carbons (Fsp3) is 0.167. The fourth-order valence-electron chi connectivity index (χ4n) is 1.07. The molecule has 0 unspecified atom stereocenters. The first-order valence-electron chi connectivity index (χ1n) is 4.32. The van der Waals surface area contributed by atoms with Crippen LogP contribution in [-0.4, -0.2) is 14.2 Å². The van der Waals surface area contributed by atoms with Gasteiger partial charge in [-0.3, -0.25) is 0 Å². The molecule has 0 atom stereocenters. The van der Waals surface area contributed by atoms with Gasteiger partial charge in [-0.1, -0.05) is 18.7 Å². The molecule has 0 radical (unpaired) electrons. The van der Waals surface area contributed by atoms with Gasteiger partial charge in [0.05, 0.1) is 14.2 Å². The van der Waals surface area contributed by atoms with Gasteiger partial charge in [-0.15, -0.1) is 0 Å². The summed E-state index contributed by atoms with van der Waals surface area (Å²) in [6, 6.07) is 7.73. The van der Waals surface area contributed by atoms with Crippen molar-refractivity contribution in [1.82, 2.24) is 0 Å². The van der Waals surface area contributed by atoms with Crippen molar-refractivity contribution in [3.05, 3.63) is 48.2 Å². The van der Waals surface area contributed by atoms with Crippen molar-refractivity contribution in [2.75, 3.05) is 14.2 Å². The molecular formula is C12H14O2. The highest BCUT2D eigenvalue weighted by Gasteiger charge is 1.93. The molecule has 0 aliphatic rings. The van der Waals surface area contributed by atoms with E-state index in [4.69, 9.17) is 9.47 Å². The Kier molecular flexibility index (Phi) is 3.80. The van der Waals surface area contributed by atoms with Crippen LogP contribution in [0.25, 0.3) is 6.08 Å². The van der Waals surface area contributed by atoms with Gasteiger partial charge >= 0.3 is 0 Å². The summed E-state index contributed by atoms with van der Waals surface area (Å²) >= 11 is 0. The van der Waals surface area contributed by atoms with Gasteiger partial charge in [-0.05, 0) is 29.8 Å². The number of methoxy groups -OCH3 is 2.